The minimum Gasteiger partial charge on any atom is -0.457 e. The van der Waals surface area contributed by atoms with Gasteiger partial charge in [-0.05, 0) is 55.8 Å². The molecular formula is C20H15ClF3NO2. The van der Waals surface area contributed by atoms with Gasteiger partial charge < -0.3 is 9.72 Å². The molecule has 1 heterocycles. The fourth-order valence-electron chi connectivity index (χ4n) is 2.73. The summed E-state index contributed by atoms with van der Waals surface area (Å²) in [5, 5.41) is 0.140. The first-order valence-electron chi connectivity index (χ1n) is 8.01. The number of aromatic nitrogens is 1. The first-order chi connectivity index (χ1) is 12.7. The molecule has 0 atom stereocenters. The first kappa shape index (κ1) is 19.0. The molecule has 3 rings (SSSR count). The molecule has 27 heavy (non-hydrogen) atoms. The van der Waals surface area contributed by atoms with E-state index in [0.717, 1.165) is 12.1 Å². The Hall–Kier alpha value is -2.73. The topological polar surface area (TPSA) is 42.1 Å². The van der Waals surface area contributed by atoms with Gasteiger partial charge in [0.2, 0.25) is 5.43 Å². The van der Waals surface area contributed by atoms with Crippen LogP contribution in [0.2, 0.25) is 5.02 Å². The molecule has 0 saturated heterocycles. The van der Waals surface area contributed by atoms with E-state index in [1.165, 1.54) is 12.1 Å². The summed E-state index contributed by atoms with van der Waals surface area (Å²) in [5.41, 5.74) is 1.42. The number of pyridine rings is 1. The fraction of sp³-hybridized carbons (Fsp3) is 0.150. The summed E-state index contributed by atoms with van der Waals surface area (Å²) in [6, 6.07) is 11.1. The Morgan fingerprint density at radius 1 is 0.889 bits per heavy atom. The van der Waals surface area contributed by atoms with Gasteiger partial charge in [0.1, 0.15) is 16.5 Å². The summed E-state index contributed by atoms with van der Waals surface area (Å²) in [7, 11) is 0. The van der Waals surface area contributed by atoms with E-state index in [1.54, 1.807) is 38.1 Å². The van der Waals surface area contributed by atoms with Crippen molar-refractivity contribution in [3.63, 3.8) is 0 Å². The highest BCUT2D eigenvalue weighted by Crippen LogP contribution is 2.32. The smallest absolute Gasteiger partial charge is 0.416 e. The normalized spacial score (nSPS) is 11.5. The molecule has 0 aliphatic heterocycles. The number of hydrogen-bond donors (Lipinski definition) is 1. The number of H-pyrrole nitrogens is 1. The molecule has 0 aliphatic carbocycles. The lowest BCUT2D eigenvalue weighted by Gasteiger charge is -2.11. The Morgan fingerprint density at radius 3 is 1.93 bits per heavy atom. The van der Waals surface area contributed by atoms with Crippen molar-refractivity contribution >= 4 is 11.6 Å². The van der Waals surface area contributed by atoms with E-state index in [0.29, 0.717) is 28.3 Å². The highest BCUT2D eigenvalue weighted by atomic mass is 35.5. The van der Waals surface area contributed by atoms with Crippen molar-refractivity contribution in [2.24, 2.45) is 0 Å². The van der Waals surface area contributed by atoms with E-state index in [-0.39, 0.29) is 16.2 Å². The molecule has 0 fully saturated rings. The van der Waals surface area contributed by atoms with Gasteiger partial charge in [-0.3, -0.25) is 4.79 Å². The maximum absolute atomic E-state index is 12.6. The number of nitrogens with one attached hydrogen (secondary N) is 1. The number of aromatic amines is 1. The van der Waals surface area contributed by atoms with E-state index in [1.807, 2.05) is 0 Å². The Morgan fingerprint density at radius 2 is 1.41 bits per heavy atom. The van der Waals surface area contributed by atoms with E-state index < -0.39 is 11.7 Å². The fourth-order valence-corrected chi connectivity index (χ4v) is 2.88. The predicted octanol–water partition coefficient (Wildman–Crippen LogP) is 6.12. The van der Waals surface area contributed by atoms with Crippen molar-refractivity contribution in [3.8, 4) is 22.6 Å². The highest BCUT2D eigenvalue weighted by molar-refractivity contribution is 6.31. The molecule has 3 aromatic rings. The molecule has 0 amide bonds. The second-order valence-electron chi connectivity index (χ2n) is 6.04. The lowest BCUT2D eigenvalue weighted by Crippen LogP contribution is -2.11. The lowest BCUT2D eigenvalue weighted by atomic mass is 10.0. The number of ether oxygens (including phenoxy) is 1. The first-order valence-corrected chi connectivity index (χ1v) is 8.39. The minimum atomic E-state index is -4.39. The van der Waals surface area contributed by atoms with Gasteiger partial charge in [-0.2, -0.15) is 13.2 Å². The third kappa shape index (κ3) is 4.01. The zero-order valence-corrected chi connectivity index (χ0v) is 15.2. The average Bonchev–Trinajstić information content (AvgIpc) is 2.61. The summed E-state index contributed by atoms with van der Waals surface area (Å²) in [4.78, 5) is 15.5. The molecule has 1 N–H and O–H groups in total. The average molecular weight is 394 g/mol. The summed E-state index contributed by atoms with van der Waals surface area (Å²) >= 11 is 6.04. The second kappa shape index (κ2) is 7.12. The minimum absolute atomic E-state index is 0.140. The molecule has 2 aromatic carbocycles. The summed E-state index contributed by atoms with van der Waals surface area (Å²) in [6.07, 6.45) is -4.39. The van der Waals surface area contributed by atoms with Crippen molar-refractivity contribution in [1.29, 1.82) is 0 Å². The lowest BCUT2D eigenvalue weighted by molar-refractivity contribution is -0.137. The van der Waals surface area contributed by atoms with Gasteiger partial charge in [0.15, 0.2) is 0 Å². The summed E-state index contributed by atoms with van der Waals surface area (Å²) in [6.45, 7) is 3.51. The number of benzene rings is 2. The number of rotatable bonds is 3. The van der Waals surface area contributed by atoms with E-state index >= 15 is 0 Å². The number of alkyl halides is 3. The van der Waals surface area contributed by atoms with Crippen molar-refractivity contribution in [2.75, 3.05) is 0 Å². The van der Waals surface area contributed by atoms with Crippen LogP contribution in [0.15, 0.2) is 53.3 Å². The van der Waals surface area contributed by atoms with Crippen LogP contribution in [0.4, 0.5) is 13.2 Å². The van der Waals surface area contributed by atoms with Crippen LogP contribution in [0, 0.1) is 13.8 Å². The number of halogens is 4. The monoisotopic (exact) mass is 393 g/mol. The van der Waals surface area contributed by atoms with Crippen LogP contribution in [-0.4, -0.2) is 4.98 Å². The molecule has 0 aliphatic rings. The molecule has 1 aromatic heterocycles. The third-order valence-corrected chi connectivity index (χ3v) is 4.52. The quantitative estimate of drug-likeness (QED) is 0.582. The van der Waals surface area contributed by atoms with Gasteiger partial charge in [-0.25, -0.2) is 0 Å². The van der Waals surface area contributed by atoms with Gasteiger partial charge >= 0.3 is 6.18 Å². The van der Waals surface area contributed by atoms with Gasteiger partial charge in [-0.1, -0.05) is 23.7 Å². The largest absolute Gasteiger partial charge is 0.457 e. The van der Waals surface area contributed by atoms with Crippen LogP contribution in [0.1, 0.15) is 17.0 Å². The van der Waals surface area contributed by atoms with E-state index in [9.17, 15) is 18.0 Å². The predicted molar refractivity (Wildman–Crippen MR) is 98.5 cm³/mol. The molecule has 3 nitrogen and oxygen atoms in total. The molecule has 0 bridgehead atoms. The Balaban J connectivity index is 1.85. The van der Waals surface area contributed by atoms with Gasteiger partial charge in [0, 0.05) is 17.0 Å². The van der Waals surface area contributed by atoms with Crippen LogP contribution < -0.4 is 10.2 Å². The Kier molecular flexibility index (Phi) is 5.02. The SMILES string of the molecule is Cc1[nH]c(C)c(-c2ccc(Oc3ccc(C(F)(F)F)cc3)cc2)c(=O)c1Cl. The Bertz CT molecular complexity index is 1020. The van der Waals surface area contributed by atoms with Crippen molar-refractivity contribution in [3.05, 3.63) is 80.7 Å². The van der Waals surface area contributed by atoms with Crippen LogP contribution in [0.3, 0.4) is 0 Å². The molecule has 140 valence electrons. The molecule has 0 unspecified atom stereocenters. The standard InChI is InChI=1S/C20H15ClF3NO2/c1-11-17(19(26)18(21)12(2)25-11)13-3-7-15(8-4-13)27-16-9-5-14(6-10-16)20(22,23)24/h3-10H,1-2H3,(H,25,26). The maximum atomic E-state index is 12.6. The van der Waals surface area contributed by atoms with Crippen LogP contribution >= 0.6 is 11.6 Å². The van der Waals surface area contributed by atoms with Crippen LogP contribution in [0.25, 0.3) is 11.1 Å². The van der Waals surface area contributed by atoms with Gasteiger partial charge in [0.25, 0.3) is 0 Å². The number of hydrogen-bond acceptors (Lipinski definition) is 2. The zero-order valence-electron chi connectivity index (χ0n) is 14.4. The van der Waals surface area contributed by atoms with E-state index in [2.05, 4.69) is 4.98 Å². The van der Waals surface area contributed by atoms with Gasteiger partial charge in [-0.15, -0.1) is 0 Å². The molecule has 7 heteroatoms. The molecular weight excluding hydrogens is 379 g/mol. The third-order valence-electron chi connectivity index (χ3n) is 4.07. The van der Waals surface area contributed by atoms with Crippen LogP contribution in [0.5, 0.6) is 11.5 Å². The van der Waals surface area contributed by atoms with Crippen molar-refractivity contribution in [1.82, 2.24) is 4.98 Å². The second-order valence-corrected chi connectivity index (χ2v) is 6.42. The van der Waals surface area contributed by atoms with Gasteiger partial charge in [0.05, 0.1) is 5.56 Å². The maximum Gasteiger partial charge on any atom is 0.416 e. The van der Waals surface area contributed by atoms with Crippen molar-refractivity contribution < 1.29 is 17.9 Å². The number of aryl methyl sites for hydroxylation is 2. The van der Waals surface area contributed by atoms with Crippen molar-refractivity contribution in [2.45, 2.75) is 20.0 Å². The molecule has 0 spiro atoms. The highest BCUT2D eigenvalue weighted by Gasteiger charge is 2.30. The molecule has 0 saturated carbocycles. The summed E-state index contributed by atoms with van der Waals surface area (Å²) in [5.74, 6) is 0.717. The summed E-state index contributed by atoms with van der Waals surface area (Å²) < 4.78 is 43.3. The van der Waals surface area contributed by atoms with Crippen LogP contribution in [-0.2, 0) is 6.18 Å². The zero-order chi connectivity index (χ0) is 19.8. The Labute approximate surface area is 158 Å². The van der Waals surface area contributed by atoms with E-state index in [4.69, 9.17) is 16.3 Å². The molecule has 0 radical (unpaired) electrons.